The minimum atomic E-state index is -0.911. The number of aryl methyl sites for hydroxylation is 1. The summed E-state index contributed by atoms with van der Waals surface area (Å²) < 4.78 is 12.8. The highest BCUT2D eigenvalue weighted by molar-refractivity contribution is 5.94. The van der Waals surface area contributed by atoms with Crippen LogP contribution >= 0.6 is 0 Å². The van der Waals surface area contributed by atoms with E-state index in [2.05, 4.69) is 36.7 Å². The van der Waals surface area contributed by atoms with E-state index in [0.29, 0.717) is 25.1 Å². The molecule has 0 unspecified atom stereocenters. The molecule has 6 heteroatoms. The molecular formula is C35H42N2O4. The van der Waals surface area contributed by atoms with E-state index >= 15 is 0 Å². The molecule has 1 spiro atoms. The number of hydrogen-bond acceptors (Lipinski definition) is 5. The molecule has 41 heavy (non-hydrogen) atoms. The molecule has 216 valence electrons. The van der Waals surface area contributed by atoms with Crippen molar-refractivity contribution in [1.29, 1.82) is 0 Å². The third-order valence-corrected chi connectivity index (χ3v) is 10.5. The molecule has 2 aromatic rings. The SMILES string of the molecule is COc1ccc2c3c1O[C@H]1[C@@H](N(CC(C)C)C(=O)C#Cc4cccc(C)c4)CC[C@@]4(O)[C@@H](C2)N(CC2CC2)CC[C@]314. The molecule has 0 radical (unpaired) electrons. The molecule has 3 fully saturated rings. The van der Waals surface area contributed by atoms with Crippen LogP contribution in [0.5, 0.6) is 11.5 Å². The smallest absolute Gasteiger partial charge is 0.299 e. The van der Waals surface area contributed by atoms with Crippen molar-refractivity contribution in [1.82, 2.24) is 9.80 Å². The Hall–Kier alpha value is -3.01. The Morgan fingerprint density at radius 3 is 2.78 bits per heavy atom. The van der Waals surface area contributed by atoms with Crippen LogP contribution in [0.15, 0.2) is 36.4 Å². The van der Waals surface area contributed by atoms with Gasteiger partial charge in [-0.05, 0) is 93.2 Å². The molecule has 7 rings (SSSR count). The predicted octanol–water partition coefficient (Wildman–Crippen LogP) is 4.47. The van der Waals surface area contributed by atoms with Gasteiger partial charge in [-0.3, -0.25) is 9.69 Å². The standard InChI is InChI=1S/C35H42N2O4/c1-22(2)20-37(30(38)13-10-24-7-5-6-23(3)18-24)27-14-15-35(39)29-19-26-11-12-28(40-4)32-31(26)34(35,33(27)41-32)16-17-36(29)21-25-8-9-25/h5-7,11-12,18,22,25,27,29,33,39H,8-9,14-17,19-21H2,1-4H3/t27-,29+,33-,34-,35+/m0/s1. The minimum Gasteiger partial charge on any atom is -0.493 e. The molecule has 1 saturated heterocycles. The van der Waals surface area contributed by atoms with Gasteiger partial charge in [0.1, 0.15) is 6.10 Å². The maximum absolute atomic E-state index is 13.9. The summed E-state index contributed by atoms with van der Waals surface area (Å²) in [5.74, 6) is 8.45. The molecule has 2 aliphatic heterocycles. The van der Waals surface area contributed by atoms with E-state index in [9.17, 15) is 9.90 Å². The predicted molar refractivity (Wildman–Crippen MR) is 158 cm³/mol. The van der Waals surface area contributed by atoms with E-state index in [1.165, 1.54) is 18.4 Å². The molecular weight excluding hydrogens is 512 g/mol. The molecule has 5 atom stereocenters. The fourth-order valence-electron chi connectivity index (χ4n) is 8.61. The van der Waals surface area contributed by atoms with Crippen LogP contribution in [0.1, 0.15) is 68.2 Å². The van der Waals surface area contributed by atoms with Crippen LogP contribution in [0.2, 0.25) is 0 Å². The van der Waals surface area contributed by atoms with Crippen molar-refractivity contribution in [2.75, 3.05) is 26.7 Å². The minimum absolute atomic E-state index is 0.0612. The highest BCUT2D eigenvalue weighted by Gasteiger charge is 2.73. The van der Waals surface area contributed by atoms with Gasteiger partial charge in [0.05, 0.1) is 24.2 Å². The fraction of sp³-hybridized carbons (Fsp3) is 0.571. The first-order chi connectivity index (χ1) is 19.7. The van der Waals surface area contributed by atoms with Crippen molar-refractivity contribution in [3.05, 3.63) is 58.7 Å². The van der Waals surface area contributed by atoms with E-state index in [-0.39, 0.29) is 30.0 Å². The maximum atomic E-state index is 13.9. The maximum Gasteiger partial charge on any atom is 0.299 e. The number of carbonyl (C=O) groups excluding carboxylic acids is 1. The number of rotatable bonds is 6. The Morgan fingerprint density at radius 1 is 1.22 bits per heavy atom. The first kappa shape index (κ1) is 26.9. The van der Waals surface area contributed by atoms with Gasteiger partial charge >= 0.3 is 0 Å². The van der Waals surface area contributed by atoms with Crippen LogP contribution in [-0.2, 0) is 16.6 Å². The molecule has 1 N–H and O–H groups in total. The summed E-state index contributed by atoms with van der Waals surface area (Å²) in [6.45, 7) is 8.93. The van der Waals surface area contributed by atoms with Crippen LogP contribution in [0.3, 0.4) is 0 Å². The van der Waals surface area contributed by atoms with Crippen LogP contribution in [0.25, 0.3) is 0 Å². The second-order valence-electron chi connectivity index (χ2n) is 13.6. The van der Waals surface area contributed by atoms with E-state index in [4.69, 9.17) is 9.47 Å². The van der Waals surface area contributed by atoms with Crippen LogP contribution < -0.4 is 9.47 Å². The van der Waals surface area contributed by atoms with Gasteiger partial charge in [-0.15, -0.1) is 0 Å². The zero-order valence-corrected chi connectivity index (χ0v) is 24.8. The van der Waals surface area contributed by atoms with E-state index in [1.807, 2.05) is 42.2 Å². The number of carbonyl (C=O) groups is 1. The zero-order chi connectivity index (χ0) is 28.5. The monoisotopic (exact) mass is 554 g/mol. The number of piperidine rings is 1. The van der Waals surface area contributed by atoms with Crippen molar-refractivity contribution in [2.45, 2.75) is 88.5 Å². The van der Waals surface area contributed by atoms with Gasteiger partial charge in [-0.25, -0.2) is 0 Å². The highest BCUT2D eigenvalue weighted by Crippen LogP contribution is 2.66. The largest absolute Gasteiger partial charge is 0.493 e. The number of nitrogens with zero attached hydrogens (tertiary/aromatic N) is 2. The Morgan fingerprint density at radius 2 is 2.05 bits per heavy atom. The summed E-state index contributed by atoms with van der Waals surface area (Å²) in [4.78, 5) is 18.5. The first-order valence-corrected chi connectivity index (χ1v) is 15.5. The summed E-state index contributed by atoms with van der Waals surface area (Å²) in [7, 11) is 1.68. The average Bonchev–Trinajstić information content (AvgIpc) is 3.69. The summed E-state index contributed by atoms with van der Waals surface area (Å²) >= 11 is 0. The van der Waals surface area contributed by atoms with E-state index in [1.54, 1.807) is 7.11 Å². The lowest BCUT2D eigenvalue weighted by molar-refractivity contribution is -0.201. The number of hydrogen-bond donors (Lipinski definition) is 1. The third-order valence-electron chi connectivity index (χ3n) is 10.5. The normalized spacial score (nSPS) is 31.1. The van der Waals surface area contributed by atoms with Gasteiger partial charge in [-0.2, -0.15) is 0 Å². The van der Waals surface area contributed by atoms with Crippen molar-refractivity contribution in [2.24, 2.45) is 11.8 Å². The lowest BCUT2D eigenvalue weighted by atomic mass is 9.48. The molecule has 0 aromatic heterocycles. The van der Waals surface area contributed by atoms with Gasteiger partial charge < -0.3 is 19.5 Å². The molecule has 5 aliphatic rings. The number of benzene rings is 2. The summed E-state index contributed by atoms with van der Waals surface area (Å²) in [5, 5.41) is 12.9. The molecule has 3 aliphatic carbocycles. The Balaban J connectivity index is 1.30. The Bertz CT molecular complexity index is 1440. The second-order valence-corrected chi connectivity index (χ2v) is 13.6. The molecule has 2 aromatic carbocycles. The second kappa shape index (κ2) is 9.78. The Kier molecular flexibility index (Phi) is 6.41. The van der Waals surface area contributed by atoms with E-state index in [0.717, 1.165) is 54.3 Å². The lowest BCUT2D eigenvalue weighted by Gasteiger charge is -2.64. The van der Waals surface area contributed by atoms with Crippen LogP contribution in [0, 0.1) is 30.6 Å². The topological polar surface area (TPSA) is 62.2 Å². The first-order valence-electron chi connectivity index (χ1n) is 15.5. The number of methoxy groups -OCH3 is 1. The molecule has 6 nitrogen and oxygen atoms in total. The zero-order valence-electron chi connectivity index (χ0n) is 24.8. The Labute approximate surface area is 244 Å². The van der Waals surface area contributed by atoms with Crippen LogP contribution in [-0.4, -0.2) is 71.3 Å². The molecule has 1 amide bonds. The van der Waals surface area contributed by atoms with Crippen LogP contribution in [0.4, 0.5) is 0 Å². The quantitative estimate of drug-likeness (QED) is 0.534. The van der Waals surface area contributed by atoms with Crippen molar-refractivity contribution in [3.63, 3.8) is 0 Å². The summed E-state index contributed by atoms with van der Waals surface area (Å²) in [6.07, 6.45) is 5.23. The van der Waals surface area contributed by atoms with Gasteiger partial charge in [0.15, 0.2) is 11.5 Å². The summed E-state index contributed by atoms with van der Waals surface area (Å²) in [5.41, 5.74) is 2.88. The van der Waals surface area contributed by atoms with Gasteiger partial charge in [0, 0.05) is 36.2 Å². The lowest BCUT2D eigenvalue weighted by Crippen LogP contribution is -2.78. The fourth-order valence-corrected chi connectivity index (χ4v) is 8.61. The van der Waals surface area contributed by atoms with Gasteiger partial charge in [-0.1, -0.05) is 38.0 Å². The van der Waals surface area contributed by atoms with Crippen molar-refractivity contribution < 1.29 is 19.4 Å². The van der Waals surface area contributed by atoms with Gasteiger partial charge in [0.25, 0.3) is 5.91 Å². The third kappa shape index (κ3) is 4.11. The number of amides is 1. The molecule has 2 bridgehead atoms. The summed E-state index contributed by atoms with van der Waals surface area (Å²) in [6, 6.07) is 12.0. The van der Waals surface area contributed by atoms with Gasteiger partial charge in [0.2, 0.25) is 0 Å². The average molecular weight is 555 g/mol. The van der Waals surface area contributed by atoms with E-state index < -0.39 is 11.0 Å². The van der Waals surface area contributed by atoms with Crippen molar-refractivity contribution in [3.8, 4) is 23.3 Å². The van der Waals surface area contributed by atoms with Crippen molar-refractivity contribution >= 4 is 5.91 Å². The number of aliphatic hydroxyl groups is 1. The molecule has 2 heterocycles. The number of likely N-dealkylation sites (tertiary alicyclic amines) is 1. The highest BCUT2D eigenvalue weighted by atomic mass is 16.5. The molecule has 2 saturated carbocycles. The number of ether oxygens (including phenoxy) is 2.